The van der Waals surface area contributed by atoms with E-state index in [1.165, 1.54) is 7.11 Å². The monoisotopic (exact) mass is 361 g/mol. The molecule has 0 unspecified atom stereocenters. The topological polar surface area (TPSA) is 58.6 Å². The van der Waals surface area contributed by atoms with Crippen molar-refractivity contribution in [2.75, 3.05) is 7.11 Å². The van der Waals surface area contributed by atoms with Gasteiger partial charge in [0.15, 0.2) is 0 Å². The van der Waals surface area contributed by atoms with Gasteiger partial charge in [0.25, 0.3) is 0 Å². The number of nitrogens with one attached hydrogen (secondary N) is 1. The van der Waals surface area contributed by atoms with Crippen molar-refractivity contribution in [3.05, 3.63) is 0 Å². The van der Waals surface area contributed by atoms with E-state index in [9.17, 15) is 9.90 Å². The van der Waals surface area contributed by atoms with Crippen LogP contribution < -0.4 is 5.32 Å². The van der Waals surface area contributed by atoms with Gasteiger partial charge >= 0.3 is 111 Å². The third-order valence-electron chi connectivity index (χ3n) is 2.10. The molecule has 0 saturated heterocycles. The van der Waals surface area contributed by atoms with Crippen LogP contribution in [0.3, 0.4) is 0 Å². The third kappa shape index (κ3) is 6.02. The molecule has 0 radical (unpaired) electrons. The number of carbonyl (C=O) groups is 1. The van der Waals surface area contributed by atoms with Gasteiger partial charge in [0.2, 0.25) is 0 Å². The summed E-state index contributed by atoms with van der Waals surface area (Å²) < 4.78 is 5.33. The fourth-order valence-electron chi connectivity index (χ4n) is 1.08. The summed E-state index contributed by atoms with van der Waals surface area (Å²) in [5.74, 6) is 1.85. The zero-order chi connectivity index (χ0) is 12.6. The predicted molar refractivity (Wildman–Crippen MR) is 67.0 cm³/mol. The second-order valence-corrected chi connectivity index (χ2v) is 6.28. The van der Waals surface area contributed by atoms with E-state index in [4.69, 9.17) is 4.74 Å². The Morgan fingerprint density at radius 3 is 2.69 bits per heavy atom. The first-order valence-corrected chi connectivity index (χ1v) is 8.90. The molecule has 0 bridgehead atoms. The molecular weight excluding hydrogens is 340 g/mol. The Kier molecular flexibility index (Phi) is 9.28. The predicted octanol–water partition coefficient (Wildman–Crippen LogP) is -0.252. The van der Waals surface area contributed by atoms with Gasteiger partial charge in [0.05, 0.1) is 0 Å². The van der Waals surface area contributed by atoms with Crippen LogP contribution in [0.4, 0.5) is 0 Å². The van der Waals surface area contributed by atoms with E-state index >= 15 is 0 Å². The number of esters is 1. The summed E-state index contributed by atoms with van der Waals surface area (Å²) in [6, 6.07) is -0.357. The number of aliphatic hydroxyl groups excluding tert-OH is 1. The molecule has 0 saturated carbocycles. The molecule has 0 aromatic rings. The van der Waals surface area contributed by atoms with Gasteiger partial charge in [-0.2, -0.15) is 0 Å². The molecule has 0 heterocycles. The van der Waals surface area contributed by atoms with E-state index < -0.39 is 6.10 Å². The summed E-state index contributed by atoms with van der Waals surface area (Å²) in [4.78, 5) is 11.5. The molecule has 94 valence electrons. The number of hydrogen-bond acceptors (Lipinski definition) is 4. The van der Waals surface area contributed by atoms with Crippen molar-refractivity contribution in [3.8, 4) is 0 Å². The fourth-order valence-corrected chi connectivity index (χ4v) is 2.72. The first kappa shape index (κ1) is 16.1. The maximum atomic E-state index is 11.5. The number of carbonyl (C=O) groups excluding carboxylic acids is 1. The average Bonchev–Trinajstić information content (AvgIpc) is 2.31. The second-order valence-electron chi connectivity index (χ2n) is 3.29. The van der Waals surface area contributed by atoms with Crippen molar-refractivity contribution in [1.82, 2.24) is 5.32 Å². The van der Waals surface area contributed by atoms with Crippen LogP contribution in [0.15, 0.2) is 0 Å². The minimum absolute atomic E-state index is 0.277. The average molecular weight is 359 g/mol. The summed E-state index contributed by atoms with van der Waals surface area (Å²) in [7, 11) is 1.38. The molecule has 0 spiro atoms. The number of hydrogen-bond donors (Lipinski definition) is 2. The first-order chi connectivity index (χ1) is 7.56. The van der Waals surface area contributed by atoms with Crippen LogP contribution in [-0.2, 0) is 9.53 Å². The van der Waals surface area contributed by atoms with Gasteiger partial charge in [-0.25, -0.2) is 0 Å². The summed E-state index contributed by atoms with van der Waals surface area (Å²) >= 11 is 3.30. The van der Waals surface area contributed by atoms with Crippen LogP contribution in [0, 0.1) is 0 Å². The minimum atomic E-state index is -0.556. The van der Waals surface area contributed by atoms with E-state index in [1.54, 1.807) is 0 Å². The van der Waals surface area contributed by atoms with E-state index in [0.29, 0.717) is 25.9 Å². The van der Waals surface area contributed by atoms with Crippen molar-refractivity contribution in [2.24, 2.45) is 0 Å². The Bertz CT molecular complexity index is 236. The van der Waals surface area contributed by atoms with Gasteiger partial charge in [-0.15, -0.1) is 0 Å². The molecule has 0 aliphatic heterocycles. The zero-order valence-corrected chi connectivity index (χ0v) is 13.3. The summed E-state index contributed by atoms with van der Waals surface area (Å²) in [6.07, 6.45) is 0.797. The SMILES string of the molecule is CC[C@@H](O)C(=[Se])N[C@@H](CC[Se]C)C(=O)OC. The summed E-state index contributed by atoms with van der Waals surface area (Å²) in [5, 5.41) is 13.6. The van der Waals surface area contributed by atoms with Crippen LogP contribution in [-0.4, -0.2) is 65.4 Å². The van der Waals surface area contributed by atoms with Gasteiger partial charge in [-0.1, -0.05) is 0 Å². The van der Waals surface area contributed by atoms with Crippen molar-refractivity contribution in [1.29, 1.82) is 0 Å². The van der Waals surface area contributed by atoms with Crippen molar-refractivity contribution >= 4 is 41.0 Å². The van der Waals surface area contributed by atoms with Crippen LogP contribution in [0.25, 0.3) is 0 Å². The number of rotatable bonds is 8. The number of ether oxygens (including phenoxy) is 1. The number of methoxy groups -OCH3 is 1. The summed E-state index contributed by atoms with van der Waals surface area (Å²) in [6.45, 7) is 1.88. The Morgan fingerprint density at radius 1 is 1.62 bits per heavy atom. The van der Waals surface area contributed by atoms with Gasteiger partial charge in [0, 0.05) is 0 Å². The molecular formula is C10H19NO3Se2. The molecule has 0 aromatic carbocycles. The van der Waals surface area contributed by atoms with Crippen molar-refractivity contribution < 1.29 is 14.6 Å². The molecule has 4 nitrogen and oxygen atoms in total. The Hall–Kier alpha value is 0.139. The molecule has 0 rings (SSSR count). The van der Waals surface area contributed by atoms with Crippen LogP contribution >= 0.6 is 0 Å². The van der Waals surface area contributed by atoms with Gasteiger partial charge < -0.3 is 0 Å². The molecule has 0 aliphatic rings. The fraction of sp³-hybridized carbons (Fsp3) is 0.800. The van der Waals surface area contributed by atoms with Crippen molar-refractivity contribution in [3.63, 3.8) is 0 Å². The standard InChI is InChI=1S/C10H19NO3Se2/c1-4-8(12)9(15)11-7(5-6-16-3)10(13)14-2/h7-8,12H,4-6H2,1-3H3,(H,11,15)/t7-,8+/m0/s1. The van der Waals surface area contributed by atoms with Crippen LogP contribution in [0.2, 0.25) is 11.1 Å². The van der Waals surface area contributed by atoms with Gasteiger partial charge in [-0.3, -0.25) is 0 Å². The van der Waals surface area contributed by atoms with Gasteiger partial charge in [-0.05, 0) is 0 Å². The van der Waals surface area contributed by atoms with Crippen molar-refractivity contribution in [2.45, 2.75) is 43.1 Å². The zero-order valence-electron chi connectivity index (χ0n) is 9.86. The van der Waals surface area contributed by atoms with Crippen LogP contribution in [0.1, 0.15) is 19.8 Å². The Labute approximate surface area is 111 Å². The molecule has 16 heavy (non-hydrogen) atoms. The summed E-state index contributed by atoms with van der Waals surface area (Å²) in [5.41, 5.74) is 0. The second kappa shape index (κ2) is 9.20. The normalized spacial score (nSPS) is 14.0. The Balaban J connectivity index is 4.30. The molecule has 0 amide bonds. The van der Waals surface area contributed by atoms with E-state index in [2.05, 4.69) is 26.7 Å². The maximum absolute atomic E-state index is 11.5. The molecule has 6 heteroatoms. The van der Waals surface area contributed by atoms with E-state index in [0.717, 1.165) is 11.7 Å². The third-order valence-corrected chi connectivity index (χ3v) is 4.27. The molecule has 2 atom stereocenters. The quantitative estimate of drug-likeness (QED) is 0.464. The van der Waals surface area contributed by atoms with E-state index in [1.807, 2.05) is 6.92 Å². The first-order valence-electron chi connectivity index (χ1n) is 5.12. The molecule has 2 N–H and O–H groups in total. The van der Waals surface area contributed by atoms with Crippen LogP contribution in [0.5, 0.6) is 0 Å². The number of aliphatic hydroxyl groups is 1. The van der Waals surface area contributed by atoms with Gasteiger partial charge in [0.1, 0.15) is 0 Å². The molecule has 0 aromatic heterocycles. The molecule has 0 aliphatic carbocycles. The Morgan fingerprint density at radius 2 is 2.25 bits per heavy atom. The molecule has 0 fully saturated rings. The van der Waals surface area contributed by atoms with E-state index in [-0.39, 0.29) is 12.0 Å².